The first kappa shape index (κ1) is 46.7. The molecule has 4 aliphatic heterocycles. The summed E-state index contributed by atoms with van der Waals surface area (Å²) in [6, 6.07) is 32.5. The van der Waals surface area contributed by atoms with Crippen molar-refractivity contribution in [3.8, 4) is 23.3 Å². The van der Waals surface area contributed by atoms with Crippen LogP contribution in [0.1, 0.15) is 97.5 Å². The summed E-state index contributed by atoms with van der Waals surface area (Å²) in [5, 5.41) is 13.6. The zero-order chi connectivity index (χ0) is 48.4. The number of benzene rings is 5. The van der Waals surface area contributed by atoms with Gasteiger partial charge in [-0.25, -0.2) is 14.5 Å². The second-order valence-electron chi connectivity index (χ2n) is 18.5. The summed E-state index contributed by atoms with van der Waals surface area (Å²) in [5.41, 5.74) is 1.58. The van der Waals surface area contributed by atoms with Crippen LogP contribution >= 0.6 is 0 Å². The van der Waals surface area contributed by atoms with E-state index in [2.05, 4.69) is 17.2 Å². The van der Waals surface area contributed by atoms with Gasteiger partial charge in [0.15, 0.2) is 0 Å². The van der Waals surface area contributed by atoms with Crippen molar-refractivity contribution in [3.05, 3.63) is 161 Å². The van der Waals surface area contributed by atoms with E-state index in [1.54, 1.807) is 68.3 Å². The molecule has 13 heteroatoms. The fourth-order valence-electron chi connectivity index (χ4n) is 10.9. The third-order valence-corrected chi connectivity index (χ3v) is 14.1. The lowest BCUT2D eigenvalue weighted by molar-refractivity contribution is -0.179. The van der Waals surface area contributed by atoms with E-state index in [4.69, 9.17) is 14.2 Å². The Morgan fingerprint density at radius 1 is 0.739 bits per heavy atom. The molecule has 3 saturated heterocycles. The van der Waals surface area contributed by atoms with Crippen molar-refractivity contribution in [2.75, 3.05) is 32.2 Å². The number of hydrogen-bond donors (Lipinski definition) is 2. The lowest BCUT2D eigenvalue weighted by Gasteiger charge is -2.46. The van der Waals surface area contributed by atoms with Crippen molar-refractivity contribution < 1.29 is 43.3 Å². The highest BCUT2D eigenvalue weighted by Crippen LogP contribution is 2.66. The van der Waals surface area contributed by atoms with E-state index in [9.17, 15) is 9.90 Å². The molecule has 9 rings (SSSR count). The first-order valence-corrected chi connectivity index (χ1v) is 23.7. The van der Waals surface area contributed by atoms with Crippen LogP contribution in [0.2, 0.25) is 0 Å². The fraction of sp³-hybridized carbons (Fsp3) is 0.339. The van der Waals surface area contributed by atoms with Crippen LogP contribution in [0.25, 0.3) is 0 Å². The Labute approximate surface area is 402 Å². The number of hydrogen-bond acceptors (Lipinski definition) is 10. The summed E-state index contributed by atoms with van der Waals surface area (Å²) < 4.78 is 17.1. The second-order valence-corrected chi connectivity index (χ2v) is 18.5. The summed E-state index contributed by atoms with van der Waals surface area (Å²) in [7, 11) is 2.81. The molecule has 13 nitrogen and oxygen atoms in total. The van der Waals surface area contributed by atoms with Gasteiger partial charge in [-0.15, -0.1) is 0 Å². The Balaban J connectivity index is 1.35. The van der Waals surface area contributed by atoms with Crippen molar-refractivity contribution in [1.29, 1.82) is 0 Å². The molecule has 354 valence electrons. The van der Waals surface area contributed by atoms with Crippen LogP contribution < -0.4 is 15.0 Å². The van der Waals surface area contributed by atoms with E-state index in [1.807, 2.05) is 77.7 Å². The summed E-state index contributed by atoms with van der Waals surface area (Å²) in [4.78, 5) is 81.5. The fourth-order valence-corrected chi connectivity index (χ4v) is 10.9. The Morgan fingerprint density at radius 3 is 1.97 bits per heavy atom. The number of aromatic hydroxyl groups is 1. The van der Waals surface area contributed by atoms with Crippen molar-refractivity contribution in [2.45, 2.75) is 81.6 Å². The average Bonchev–Trinajstić information content (AvgIpc) is 3.81. The first-order valence-electron chi connectivity index (χ1n) is 23.7. The molecule has 69 heavy (non-hydrogen) atoms. The summed E-state index contributed by atoms with van der Waals surface area (Å²) in [6.45, 7) is 4.31. The molecule has 0 radical (unpaired) electrons. The number of imide groups is 1. The van der Waals surface area contributed by atoms with E-state index in [0.717, 1.165) is 42.6 Å². The Bertz CT molecular complexity index is 2780. The molecule has 4 aliphatic rings. The smallest absolute Gasteiger partial charge is 0.329 e. The molecule has 5 aromatic carbocycles. The van der Waals surface area contributed by atoms with Crippen LogP contribution in [-0.2, 0) is 34.1 Å². The highest BCUT2D eigenvalue weighted by atomic mass is 16.6. The predicted octanol–water partition coefficient (Wildman–Crippen LogP) is 8.17. The number of morpholine rings is 1. The number of rotatable bonds is 8. The third kappa shape index (κ3) is 8.48. The number of likely N-dealkylation sites (tertiary alicyclic amines) is 1. The molecule has 7 atom stereocenters. The van der Waals surface area contributed by atoms with E-state index >= 15 is 19.2 Å². The quantitative estimate of drug-likeness (QED) is 0.115. The molecule has 5 aromatic rings. The predicted molar refractivity (Wildman–Crippen MR) is 258 cm³/mol. The van der Waals surface area contributed by atoms with Crippen molar-refractivity contribution >= 4 is 35.5 Å². The van der Waals surface area contributed by atoms with Crippen molar-refractivity contribution in [2.24, 2.45) is 11.8 Å². The maximum atomic E-state index is 16.7. The molecule has 4 heterocycles. The van der Waals surface area contributed by atoms with Crippen LogP contribution in [0.5, 0.6) is 11.5 Å². The Hall–Kier alpha value is -7.43. The maximum absolute atomic E-state index is 16.7. The highest BCUT2D eigenvalue weighted by Gasteiger charge is 2.76. The second kappa shape index (κ2) is 19.7. The molecule has 0 bridgehead atoms. The molecule has 4 amide bonds. The summed E-state index contributed by atoms with van der Waals surface area (Å²) in [6.07, 6.45) is 3.38. The number of amides is 4. The molecule has 2 N–H and O–H groups in total. The highest BCUT2D eigenvalue weighted by molar-refractivity contribution is 6.25. The number of nitrogens with zero attached hydrogens (tertiary/aromatic N) is 3. The van der Waals surface area contributed by atoms with Gasteiger partial charge in [0.2, 0.25) is 11.8 Å². The zero-order valence-corrected chi connectivity index (χ0v) is 39.2. The molecule has 1 spiro atoms. The van der Waals surface area contributed by atoms with Crippen molar-refractivity contribution in [1.82, 2.24) is 15.1 Å². The van der Waals surface area contributed by atoms with Crippen LogP contribution in [0.3, 0.4) is 0 Å². The number of urea groups is 1. The van der Waals surface area contributed by atoms with Gasteiger partial charge in [-0.1, -0.05) is 118 Å². The van der Waals surface area contributed by atoms with Gasteiger partial charge >= 0.3 is 18.0 Å². The monoisotopic (exact) mass is 928 g/mol. The summed E-state index contributed by atoms with van der Waals surface area (Å²) in [5.74, 6) is 2.65. The number of anilines is 1. The number of esters is 2. The topological polar surface area (TPSA) is 155 Å². The van der Waals surface area contributed by atoms with Crippen LogP contribution in [0, 0.1) is 23.7 Å². The minimum atomic E-state index is -2.03. The number of fused-ring (bicyclic) bond motifs is 3. The number of phenolic OH excluding ortho intramolecular Hbond substituents is 1. The van der Waals surface area contributed by atoms with Gasteiger partial charge in [-0.3, -0.25) is 19.3 Å². The largest absolute Gasteiger partial charge is 0.508 e. The number of nitrogens with one attached hydrogen (secondary N) is 1. The van der Waals surface area contributed by atoms with E-state index in [1.165, 1.54) is 19.2 Å². The molecule has 0 saturated carbocycles. The Kier molecular flexibility index (Phi) is 13.3. The normalized spacial score (nSPS) is 23.7. The molecule has 3 fully saturated rings. The molecule has 0 unspecified atom stereocenters. The van der Waals surface area contributed by atoms with Gasteiger partial charge in [-0.05, 0) is 95.6 Å². The standard InChI is InChI=1S/C56H56N4O9/c1-35(2)46(52(63)68-4)57-55(66)59-44-31-24-37(21-20-36-22-29-42(67-3)30-23-36)34-43(44)56(54(59)65)45(51(62)58-32-14-6-5-7-15-33-58)48-53(64)69-49(39-18-12-9-13-19-39)47(38-16-10-8-11-17-38)60(48)50(56)40-25-27-41(61)28-26-40/h8-13,16-19,22-31,34-35,45-50,61H,5-7,14-15,32-33H2,1-4H3,(H,57,66)/t45-,46-,47-,48-,49+,50+,56-/m0/s1. The van der Waals surface area contributed by atoms with Gasteiger partial charge < -0.3 is 29.5 Å². The van der Waals surface area contributed by atoms with Gasteiger partial charge in [0.05, 0.1) is 37.9 Å². The first-order chi connectivity index (χ1) is 33.5. The Morgan fingerprint density at radius 2 is 1.35 bits per heavy atom. The number of carbonyl (C=O) groups is 5. The molecule has 0 aliphatic carbocycles. The van der Waals surface area contributed by atoms with Gasteiger partial charge in [0, 0.05) is 24.2 Å². The molecular formula is C56H56N4O9. The number of carbonyl (C=O) groups excluding carboxylic acids is 5. The lowest BCUT2D eigenvalue weighted by Crippen LogP contribution is -2.58. The van der Waals surface area contributed by atoms with Gasteiger partial charge in [0.1, 0.15) is 35.1 Å². The number of cyclic esters (lactones) is 1. The number of phenols is 1. The van der Waals surface area contributed by atoms with Crippen LogP contribution in [0.4, 0.5) is 10.5 Å². The van der Waals surface area contributed by atoms with E-state index in [-0.39, 0.29) is 11.4 Å². The van der Waals surface area contributed by atoms with E-state index in [0.29, 0.717) is 46.7 Å². The minimum Gasteiger partial charge on any atom is -0.508 e. The van der Waals surface area contributed by atoms with Crippen LogP contribution in [-0.4, -0.2) is 84.1 Å². The van der Waals surface area contributed by atoms with Crippen molar-refractivity contribution in [3.63, 3.8) is 0 Å². The van der Waals surface area contributed by atoms with Gasteiger partial charge in [-0.2, -0.15) is 0 Å². The number of ether oxygens (including phenoxy) is 3. The maximum Gasteiger partial charge on any atom is 0.329 e. The molecular weight excluding hydrogens is 873 g/mol. The third-order valence-electron chi connectivity index (χ3n) is 14.1. The van der Waals surface area contributed by atoms with Crippen LogP contribution in [0.15, 0.2) is 127 Å². The number of methoxy groups -OCH3 is 2. The van der Waals surface area contributed by atoms with Gasteiger partial charge in [0.25, 0.3) is 0 Å². The van der Waals surface area contributed by atoms with E-state index < -0.39 is 77.3 Å². The SMILES string of the molecule is COC(=O)[C@@H](NC(=O)N1C(=O)[C@@]2(c3cc(C#Cc4ccc(OC)cc4)ccc31)[C@H](C(=O)N1CCCCCCC1)[C@H]1C(=O)O[C@H](c3ccccc3)[C@H](c3ccccc3)N1[C@@H]2c1ccc(O)cc1)C(C)C. The zero-order valence-electron chi connectivity index (χ0n) is 39.2. The summed E-state index contributed by atoms with van der Waals surface area (Å²) >= 11 is 0. The minimum absolute atomic E-state index is 0.0341. The lowest BCUT2D eigenvalue weighted by atomic mass is 9.64. The average molecular weight is 929 g/mol. The molecule has 0 aromatic heterocycles.